The number of amides is 1. The zero-order valence-electron chi connectivity index (χ0n) is 24.5. The summed E-state index contributed by atoms with van der Waals surface area (Å²) < 4.78 is 12.6. The van der Waals surface area contributed by atoms with Crippen LogP contribution < -0.4 is 10.9 Å². The van der Waals surface area contributed by atoms with Gasteiger partial charge < -0.3 is 19.7 Å². The smallest absolute Gasteiger partial charge is 0.410 e. The Bertz CT molecular complexity index is 1560. The summed E-state index contributed by atoms with van der Waals surface area (Å²) in [5.74, 6) is 1.31. The van der Waals surface area contributed by atoms with Gasteiger partial charge in [-0.25, -0.2) is 14.8 Å². The van der Waals surface area contributed by atoms with E-state index in [4.69, 9.17) is 14.5 Å². The molecule has 1 aliphatic heterocycles. The number of nitrogens with zero attached hydrogens (tertiary/aromatic N) is 5. The molecule has 2 aliphatic rings. The van der Waals surface area contributed by atoms with Crippen molar-refractivity contribution in [1.82, 2.24) is 24.4 Å². The van der Waals surface area contributed by atoms with Gasteiger partial charge in [0, 0.05) is 36.9 Å². The van der Waals surface area contributed by atoms with Gasteiger partial charge in [-0.1, -0.05) is 25.5 Å². The number of fused-ring (bicyclic) bond motifs is 1. The third-order valence-electron chi connectivity index (χ3n) is 7.66. The highest BCUT2D eigenvalue weighted by molar-refractivity contribution is 5.84. The van der Waals surface area contributed by atoms with Crippen LogP contribution in [0.1, 0.15) is 75.6 Å². The third kappa shape index (κ3) is 5.96. The maximum atomic E-state index is 13.7. The first kappa shape index (κ1) is 28.3. The Morgan fingerprint density at radius 3 is 2.51 bits per heavy atom. The number of hydrogen-bond acceptors (Lipinski definition) is 8. The summed E-state index contributed by atoms with van der Waals surface area (Å²) in [6.07, 6.45) is 10.0. The number of hydrogen-bond donors (Lipinski definition) is 1. The van der Waals surface area contributed by atoms with E-state index in [9.17, 15) is 9.59 Å². The lowest BCUT2D eigenvalue weighted by atomic mass is 10.0. The van der Waals surface area contributed by atoms with Gasteiger partial charge in [0.2, 0.25) is 5.95 Å². The topological polar surface area (TPSA) is 111 Å². The van der Waals surface area contributed by atoms with Crippen LogP contribution in [0.25, 0.3) is 22.4 Å². The van der Waals surface area contributed by atoms with Crippen molar-refractivity contribution in [3.63, 3.8) is 0 Å². The molecule has 1 saturated carbocycles. The number of carbonyl (C=O) groups is 1. The first-order valence-corrected chi connectivity index (χ1v) is 14.1. The SMILES string of the molecule is C=C(OC)c1c(C)c2cnc(Nc3ccc(C4=CCN(C(=O)OC(C)(C)C)CC4)cn3)nc2n(C2CCCC2)c1=O. The van der Waals surface area contributed by atoms with Crippen LogP contribution in [0.5, 0.6) is 0 Å². The molecule has 0 unspecified atom stereocenters. The quantitative estimate of drug-likeness (QED) is 0.367. The Morgan fingerprint density at radius 1 is 1.15 bits per heavy atom. The molecular formula is C31H38N6O4. The van der Waals surface area contributed by atoms with Gasteiger partial charge in [0.15, 0.2) is 0 Å². The highest BCUT2D eigenvalue weighted by Crippen LogP contribution is 2.33. The van der Waals surface area contributed by atoms with E-state index >= 15 is 0 Å². The number of nitrogens with one attached hydrogen (secondary N) is 1. The second-order valence-corrected chi connectivity index (χ2v) is 11.6. The zero-order valence-corrected chi connectivity index (χ0v) is 24.5. The summed E-state index contributed by atoms with van der Waals surface area (Å²) in [5.41, 5.74) is 3.31. The number of aryl methyl sites for hydroxylation is 1. The van der Waals surface area contributed by atoms with Crippen LogP contribution in [-0.2, 0) is 9.47 Å². The fourth-order valence-electron chi connectivity index (χ4n) is 5.52. The number of methoxy groups -OCH3 is 1. The zero-order chi connectivity index (χ0) is 29.3. The van der Waals surface area contributed by atoms with Crippen molar-refractivity contribution in [3.05, 3.63) is 64.2 Å². The van der Waals surface area contributed by atoms with Crippen LogP contribution in [0.4, 0.5) is 16.6 Å². The summed E-state index contributed by atoms with van der Waals surface area (Å²) >= 11 is 0. The number of anilines is 2. The van der Waals surface area contributed by atoms with Crippen molar-refractivity contribution < 1.29 is 14.3 Å². The van der Waals surface area contributed by atoms with Gasteiger partial charge in [0.05, 0.1) is 12.7 Å². The van der Waals surface area contributed by atoms with Crippen molar-refractivity contribution in [1.29, 1.82) is 0 Å². The summed E-state index contributed by atoms with van der Waals surface area (Å²) in [6, 6.07) is 3.95. The Morgan fingerprint density at radius 2 is 1.90 bits per heavy atom. The van der Waals surface area contributed by atoms with E-state index in [0.717, 1.165) is 54.2 Å². The largest absolute Gasteiger partial charge is 0.497 e. The molecule has 10 nitrogen and oxygen atoms in total. The van der Waals surface area contributed by atoms with Crippen molar-refractivity contribution in [3.8, 4) is 0 Å². The monoisotopic (exact) mass is 558 g/mol. The maximum absolute atomic E-state index is 13.7. The third-order valence-corrected chi connectivity index (χ3v) is 7.66. The predicted molar refractivity (Wildman–Crippen MR) is 160 cm³/mol. The second-order valence-electron chi connectivity index (χ2n) is 11.6. The number of pyridine rings is 2. The first-order chi connectivity index (χ1) is 19.6. The van der Waals surface area contributed by atoms with Gasteiger partial charge >= 0.3 is 6.09 Å². The molecule has 216 valence electrons. The van der Waals surface area contributed by atoms with Gasteiger partial charge in [0.25, 0.3) is 5.56 Å². The molecule has 1 amide bonds. The van der Waals surface area contributed by atoms with Crippen LogP contribution in [0.3, 0.4) is 0 Å². The average molecular weight is 559 g/mol. The minimum Gasteiger partial charge on any atom is -0.497 e. The molecular weight excluding hydrogens is 520 g/mol. The van der Waals surface area contributed by atoms with E-state index in [1.54, 1.807) is 21.9 Å². The molecule has 1 fully saturated rings. The Hall–Kier alpha value is -4.21. The lowest BCUT2D eigenvalue weighted by Gasteiger charge is -2.29. The van der Waals surface area contributed by atoms with Crippen molar-refractivity contribution in [2.75, 3.05) is 25.5 Å². The summed E-state index contributed by atoms with van der Waals surface area (Å²) in [5, 5.41) is 3.99. The minimum atomic E-state index is -0.516. The molecule has 41 heavy (non-hydrogen) atoms. The lowest BCUT2D eigenvalue weighted by molar-refractivity contribution is 0.0270. The van der Waals surface area contributed by atoms with Crippen LogP contribution >= 0.6 is 0 Å². The Labute approximate surface area is 240 Å². The van der Waals surface area contributed by atoms with E-state index in [2.05, 4.69) is 21.9 Å². The Kier molecular flexibility index (Phi) is 7.84. The van der Waals surface area contributed by atoms with Gasteiger partial charge in [0.1, 0.15) is 22.8 Å². The molecule has 0 atom stereocenters. The maximum Gasteiger partial charge on any atom is 0.410 e. The van der Waals surface area contributed by atoms with Crippen molar-refractivity contribution in [2.24, 2.45) is 0 Å². The molecule has 0 aromatic carbocycles. The number of carbonyl (C=O) groups excluding carboxylic acids is 1. The van der Waals surface area contributed by atoms with E-state index in [0.29, 0.717) is 41.8 Å². The number of rotatable bonds is 6. The molecule has 1 aliphatic carbocycles. The highest BCUT2D eigenvalue weighted by Gasteiger charge is 2.26. The Balaban J connectivity index is 1.37. The number of ether oxygens (including phenoxy) is 2. The molecule has 5 rings (SSSR count). The van der Waals surface area contributed by atoms with Gasteiger partial charge in [-0.05, 0) is 75.8 Å². The van der Waals surface area contributed by atoms with E-state index in [1.807, 2.05) is 45.9 Å². The van der Waals surface area contributed by atoms with Crippen LogP contribution in [0.15, 0.2) is 42.0 Å². The molecule has 0 bridgehead atoms. The standard InChI is InChI=1S/C31H38N6O4/c1-19-24-18-33-29(35-27(24)37(23-9-7-8-10-23)28(38)26(19)20(2)40-6)34-25-12-11-22(17-32-25)21-13-15-36(16-14-21)30(39)41-31(3,4)5/h11-13,17-18,23H,2,7-10,14-16H2,1,3-6H3,(H,32,33,34,35). The normalized spacial score (nSPS) is 16.0. The van der Waals surface area contributed by atoms with E-state index < -0.39 is 5.60 Å². The van der Waals surface area contributed by atoms with Gasteiger partial charge in [-0.3, -0.25) is 9.36 Å². The highest BCUT2D eigenvalue weighted by atomic mass is 16.6. The fraction of sp³-hybridized carbons (Fsp3) is 0.452. The van der Waals surface area contributed by atoms with E-state index in [-0.39, 0.29) is 17.7 Å². The molecule has 1 N–H and O–H groups in total. The van der Waals surface area contributed by atoms with Crippen molar-refractivity contribution >= 4 is 40.2 Å². The fourth-order valence-corrected chi connectivity index (χ4v) is 5.52. The minimum absolute atomic E-state index is 0.0733. The van der Waals surface area contributed by atoms with Gasteiger partial charge in [-0.2, -0.15) is 4.98 Å². The van der Waals surface area contributed by atoms with Gasteiger partial charge in [-0.15, -0.1) is 0 Å². The molecule has 4 heterocycles. The number of aromatic nitrogens is 4. The predicted octanol–water partition coefficient (Wildman–Crippen LogP) is 5.99. The summed E-state index contributed by atoms with van der Waals surface area (Å²) in [4.78, 5) is 41.6. The second kappa shape index (κ2) is 11.3. The molecule has 0 saturated heterocycles. The summed E-state index contributed by atoms with van der Waals surface area (Å²) in [6.45, 7) is 12.5. The molecule has 10 heteroatoms. The lowest BCUT2D eigenvalue weighted by Crippen LogP contribution is -2.39. The first-order valence-electron chi connectivity index (χ1n) is 14.1. The van der Waals surface area contributed by atoms with Crippen LogP contribution in [0.2, 0.25) is 0 Å². The molecule has 3 aromatic rings. The molecule has 0 radical (unpaired) electrons. The molecule has 0 spiro atoms. The van der Waals surface area contributed by atoms with Crippen LogP contribution in [0, 0.1) is 6.92 Å². The summed E-state index contributed by atoms with van der Waals surface area (Å²) in [7, 11) is 1.52. The van der Waals surface area contributed by atoms with E-state index in [1.165, 1.54) is 7.11 Å². The average Bonchev–Trinajstić information content (AvgIpc) is 3.47. The molecule has 3 aromatic heterocycles. The van der Waals surface area contributed by atoms with Crippen molar-refractivity contribution in [2.45, 2.75) is 71.4 Å². The van der Waals surface area contributed by atoms with Crippen LogP contribution in [-0.4, -0.2) is 56.3 Å².